The molecule has 0 radical (unpaired) electrons. The van der Waals surface area contributed by atoms with Gasteiger partial charge in [0.15, 0.2) is 0 Å². The number of nitrogens with zero attached hydrogens (tertiary/aromatic N) is 2. The van der Waals surface area contributed by atoms with Gasteiger partial charge in [0.05, 0.1) is 18.5 Å². The highest BCUT2D eigenvalue weighted by molar-refractivity contribution is 5.64. The van der Waals surface area contributed by atoms with Gasteiger partial charge >= 0.3 is 0 Å². The molecular weight excluding hydrogens is 219 g/mol. The van der Waals surface area contributed by atoms with Gasteiger partial charge in [0.1, 0.15) is 11.5 Å². The van der Waals surface area contributed by atoms with Gasteiger partial charge in [0.25, 0.3) is 0 Å². The van der Waals surface area contributed by atoms with Crippen molar-refractivity contribution in [1.29, 1.82) is 0 Å². The standard InChI is InChI=1S/C13H13FN2O/c1-8-9(2)16-13(17-3)12(15-8)10-4-6-11(14)7-5-10/h4-7H,1-3H3. The molecule has 0 N–H and O–H groups in total. The number of rotatable bonds is 2. The smallest absolute Gasteiger partial charge is 0.240 e. The Labute approximate surface area is 99.3 Å². The zero-order valence-corrected chi connectivity index (χ0v) is 9.99. The van der Waals surface area contributed by atoms with Crippen LogP contribution in [0.5, 0.6) is 5.88 Å². The Kier molecular flexibility index (Phi) is 3.04. The van der Waals surface area contributed by atoms with Crippen molar-refractivity contribution in [3.63, 3.8) is 0 Å². The SMILES string of the molecule is COc1nc(C)c(C)nc1-c1ccc(F)cc1. The molecule has 2 rings (SSSR count). The van der Waals surface area contributed by atoms with Crippen LogP contribution in [0, 0.1) is 19.7 Å². The highest BCUT2D eigenvalue weighted by atomic mass is 19.1. The molecule has 0 fully saturated rings. The third-order valence-corrected chi connectivity index (χ3v) is 2.59. The van der Waals surface area contributed by atoms with Crippen molar-refractivity contribution in [3.05, 3.63) is 41.5 Å². The van der Waals surface area contributed by atoms with E-state index in [-0.39, 0.29) is 5.82 Å². The largest absolute Gasteiger partial charge is 0.479 e. The minimum absolute atomic E-state index is 0.274. The van der Waals surface area contributed by atoms with Crippen LogP contribution in [0.15, 0.2) is 24.3 Å². The van der Waals surface area contributed by atoms with Crippen LogP contribution in [0.3, 0.4) is 0 Å². The summed E-state index contributed by atoms with van der Waals surface area (Å²) in [5.41, 5.74) is 3.09. The Hall–Kier alpha value is -1.97. The van der Waals surface area contributed by atoms with Crippen LogP contribution in [0.1, 0.15) is 11.4 Å². The zero-order chi connectivity index (χ0) is 12.4. The Bertz CT molecular complexity index is 538. The summed E-state index contributed by atoms with van der Waals surface area (Å²) in [6.07, 6.45) is 0. The molecule has 0 saturated heterocycles. The quantitative estimate of drug-likeness (QED) is 0.798. The first-order valence-electron chi connectivity index (χ1n) is 5.27. The van der Waals surface area contributed by atoms with Gasteiger partial charge < -0.3 is 4.74 Å². The molecule has 17 heavy (non-hydrogen) atoms. The van der Waals surface area contributed by atoms with Gasteiger partial charge in [-0.1, -0.05) is 0 Å². The molecule has 2 aromatic rings. The van der Waals surface area contributed by atoms with E-state index in [2.05, 4.69) is 9.97 Å². The van der Waals surface area contributed by atoms with Crippen molar-refractivity contribution in [2.24, 2.45) is 0 Å². The Morgan fingerprint density at radius 1 is 1.00 bits per heavy atom. The maximum Gasteiger partial charge on any atom is 0.240 e. The van der Waals surface area contributed by atoms with E-state index in [1.807, 2.05) is 13.8 Å². The lowest BCUT2D eigenvalue weighted by molar-refractivity contribution is 0.396. The third-order valence-electron chi connectivity index (χ3n) is 2.59. The average molecular weight is 232 g/mol. The number of aryl methyl sites for hydroxylation is 2. The van der Waals surface area contributed by atoms with Crippen LogP contribution in [0.25, 0.3) is 11.3 Å². The second kappa shape index (κ2) is 4.49. The Morgan fingerprint density at radius 3 is 2.18 bits per heavy atom. The molecule has 0 amide bonds. The molecule has 1 aromatic carbocycles. The van der Waals surface area contributed by atoms with Crippen LogP contribution >= 0.6 is 0 Å². The number of hydrogen-bond acceptors (Lipinski definition) is 3. The topological polar surface area (TPSA) is 35.0 Å². The predicted octanol–water partition coefficient (Wildman–Crippen LogP) is 2.91. The molecule has 1 heterocycles. The van der Waals surface area contributed by atoms with Gasteiger partial charge in [0.2, 0.25) is 5.88 Å². The summed E-state index contributed by atoms with van der Waals surface area (Å²) in [4.78, 5) is 8.74. The summed E-state index contributed by atoms with van der Waals surface area (Å²) in [5, 5.41) is 0. The van der Waals surface area contributed by atoms with E-state index in [4.69, 9.17) is 4.74 Å². The second-order valence-electron chi connectivity index (χ2n) is 3.76. The van der Waals surface area contributed by atoms with Gasteiger partial charge in [-0.15, -0.1) is 0 Å². The normalized spacial score (nSPS) is 10.4. The van der Waals surface area contributed by atoms with Crippen molar-refractivity contribution in [3.8, 4) is 17.1 Å². The van der Waals surface area contributed by atoms with Crippen molar-refractivity contribution >= 4 is 0 Å². The maximum atomic E-state index is 12.9. The van der Waals surface area contributed by atoms with Gasteiger partial charge in [0, 0.05) is 5.56 Å². The van der Waals surface area contributed by atoms with Gasteiger partial charge in [-0.3, -0.25) is 0 Å². The summed E-state index contributed by atoms with van der Waals surface area (Å²) in [5.74, 6) is 0.184. The van der Waals surface area contributed by atoms with Crippen molar-refractivity contribution in [2.45, 2.75) is 13.8 Å². The zero-order valence-electron chi connectivity index (χ0n) is 9.99. The highest BCUT2D eigenvalue weighted by Crippen LogP contribution is 2.27. The first-order chi connectivity index (χ1) is 8.11. The van der Waals surface area contributed by atoms with E-state index in [0.717, 1.165) is 17.0 Å². The van der Waals surface area contributed by atoms with Gasteiger partial charge in [-0.2, -0.15) is 0 Å². The highest BCUT2D eigenvalue weighted by Gasteiger charge is 2.11. The second-order valence-corrected chi connectivity index (χ2v) is 3.76. The third kappa shape index (κ3) is 2.25. The van der Waals surface area contributed by atoms with Crippen LogP contribution in [-0.4, -0.2) is 17.1 Å². The van der Waals surface area contributed by atoms with E-state index in [1.54, 1.807) is 19.2 Å². The Balaban J connectivity index is 2.57. The van der Waals surface area contributed by atoms with E-state index < -0.39 is 0 Å². The molecule has 0 saturated carbocycles. The fourth-order valence-corrected chi connectivity index (χ4v) is 1.52. The maximum absolute atomic E-state index is 12.9. The summed E-state index contributed by atoms with van der Waals surface area (Å²) in [6.45, 7) is 3.76. The molecule has 0 atom stereocenters. The fraction of sp³-hybridized carbons (Fsp3) is 0.231. The summed E-state index contributed by atoms with van der Waals surface area (Å²) in [7, 11) is 1.55. The van der Waals surface area contributed by atoms with E-state index in [9.17, 15) is 4.39 Å². The van der Waals surface area contributed by atoms with Crippen molar-refractivity contribution in [2.75, 3.05) is 7.11 Å². The summed E-state index contributed by atoms with van der Waals surface area (Å²) < 4.78 is 18.1. The fourth-order valence-electron chi connectivity index (χ4n) is 1.52. The first-order valence-corrected chi connectivity index (χ1v) is 5.27. The van der Waals surface area contributed by atoms with Crippen molar-refractivity contribution in [1.82, 2.24) is 9.97 Å². The van der Waals surface area contributed by atoms with Crippen LogP contribution in [0.4, 0.5) is 4.39 Å². The minimum Gasteiger partial charge on any atom is -0.479 e. The first kappa shape index (κ1) is 11.5. The molecular formula is C13H13FN2O. The van der Waals surface area contributed by atoms with E-state index >= 15 is 0 Å². The van der Waals surface area contributed by atoms with Crippen LogP contribution < -0.4 is 4.74 Å². The molecule has 0 aliphatic rings. The minimum atomic E-state index is -0.274. The lowest BCUT2D eigenvalue weighted by Crippen LogP contribution is -2.00. The number of hydrogen-bond donors (Lipinski definition) is 0. The number of halogens is 1. The number of ether oxygens (including phenoxy) is 1. The molecule has 0 unspecified atom stereocenters. The number of methoxy groups -OCH3 is 1. The van der Waals surface area contributed by atoms with Crippen molar-refractivity contribution < 1.29 is 9.13 Å². The van der Waals surface area contributed by atoms with E-state index in [0.29, 0.717) is 11.6 Å². The van der Waals surface area contributed by atoms with Crippen LogP contribution in [0.2, 0.25) is 0 Å². The molecule has 3 nitrogen and oxygen atoms in total. The summed E-state index contributed by atoms with van der Waals surface area (Å²) >= 11 is 0. The average Bonchev–Trinajstić information content (AvgIpc) is 2.33. The lowest BCUT2D eigenvalue weighted by Gasteiger charge is -2.09. The number of benzene rings is 1. The number of aromatic nitrogens is 2. The molecule has 0 aliphatic heterocycles. The molecule has 4 heteroatoms. The predicted molar refractivity (Wildman–Crippen MR) is 63.5 cm³/mol. The molecule has 0 bridgehead atoms. The molecule has 0 aliphatic carbocycles. The molecule has 88 valence electrons. The molecule has 0 spiro atoms. The van der Waals surface area contributed by atoms with Gasteiger partial charge in [-0.25, -0.2) is 14.4 Å². The van der Waals surface area contributed by atoms with Crippen LogP contribution in [-0.2, 0) is 0 Å². The van der Waals surface area contributed by atoms with Gasteiger partial charge in [-0.05, 0) is 38.1 Å². The Morgan fingerprint density at radius 2 is 1.59 bits per heavy atom. The lowest BCUT2D eigenvalue weighted by atomic mass is 10.1. The summed E-state index contributed by atoms with van der Waals surface area (Å²) in [6, 6.07) is 6.12. The molecule has 1 aromatic heterocycles. The van der Waals surface area contributed by atoms with E-state index in [1.165, 1.54) is 12.1 Å². The monoisotopic (exact) mass is 232 g/mol.